The summed E-state index contributed by atoms with van der Waals surface area (Å²) in [5.74, 6) is -0.158. The number of benzene rings is 2. The van der Waals surface area contributed by atoms with Crippen LogP contribution in [0.2, 0.25) is 0 Å². The zero-order chi connectivity index (χ0) is 19.2. The van der Waals surface area contributed by atoms with Crippen molar-refractivity contribution < 1.29 is 9.72 Å². The van der Waals surface area contributed by atoms with Crippen molar-refractivity contribution >= 4 is 29.0 Å². The van der Waals surface area contributed by atoms with Gasteiger partial charge in [-0.3, -0.25) is 14.9 Å². The molecule has 2 aromatic carbocycles. The van der Waals surface area contributed by atoms with Gasteiger partial charge in [-0.1, -0.05) is 30.8 Å². The molecule has 0 aliphatic heterocycles. The summed E-state index contributed by atoms with van der Waals surface area (Å²) in [7, 11) is 0. The number of tetrazole rings is 1. The molecule has 3 aromatic rings. The molecule has 0 aliphatic rings. The van der Waals surface area contributed by atoms with Gasteiger partial charge in [0.05, 0.1) is 16.4 Å². The van der Waals surface area contributed by atoms with E-state index >= 15 is 0 Å². The van der Waals surface area contributed by atoms with Crippen LogP contribution in [0.25, 0.3) is 5.69 Å². The Kier molecular flexibility index (Phi) is 5.77. The molecular formula is C17H16N6O3S. The van der Waals surface area contributed by atoms with Gasteiger partial charge in [-0.25, -0.2) is 0 Å². The fourth-order valence-electron chi connectivity index (χ4n) is 2.30. The summed E-state index contributed by atoms with van der Waals surface area (Å²) in [6.45, 7) is 2.08. The predicted octanol–water partition coefficient (Wildman–Crippen LogP) is 2.86. The molecule has 0 saturated carbocycles. The number of rotatable bonds is 7. The number of hydrogen-bond acceptors (Lipinski definition) is 7. The van der Waals surface area contributed by atoms with E-state index in [9.17, 15) is 14.9 Å². The minimum absolute atomic E-state index is 0.0318. The first kappa shape index (κ1) is 18.5. The van der Waals surface area contributed by atoms with Gasteiger partial charge in [0, 0.05) is 17.8 Å². The number of nitro benzene ring substituents is 1. The number of carbonyl (C=O) groups is 1. The Morgan fingerprint density at radius 1 is 1.19 bits per heavy atom. The normalized spacial score (nSPS) is 10.6. The van der Waals surface area contributed by atoms with Crippen LogP contribution in [-0.2, 0) is 11.2 Å². The fraction of sp³-hybridized carbons (Fsp3) is 0.176. The monoisotopic (exact) mass is 384 g/mol. The number of thioether (sulfide) groups is 1. The Labute approximate surface area is 158 Å². The molecule has 0 unspecified atom stereocenters. The first-order valence-corrected chi connectivity index (χ1v) is 9.10. The van der Waals surface area contributed by atoms with Crippen LogP contribution in [-0.4, -0.2) is 36.8 Å². The van der Waals surface area contributed by atoms with Gasteiger partial charge in [0.2, 0.25) is 11.1 Å². The maximum absolute atomic E-state index is 12.1. The molecule has 1 heterocycles. The van der Waals surface area contributed by atoms with E-state index in [4.69, 9.17) is 0 Å². The number of nitro groups is 1. The fourth-order valence-corrected chi connectivity index (χ4v) is 2.99. The van der Waals surface area contributed by atoms with E-state index in [1.54, 1.807) is 4.68 Å². The third-order valence-electron chi connectivity index (χ3n) is 3.72. The second-order valence-electron chi connectivity index (χ2n) is 5.53. The minimum Gasteiger partial charge on any atom is -0.325 e. The quantitative estimate of drug-likeness (QED) is 0.378. The lowest BCUT2D eigenvalue weighted by Crippen LogP contribution is -2.14. The molecule has 138 valence electrons. The van der Waals surface area contributed by atoms with Crippen molar-refractivity contribution in [3.05, 3.63) is 64.2 Å². The highest BCUT2D eigenvalue weighted by Gasteiger charge is 2.12. The van der Waals surface area contributed by atoms with Gasteiger partial charge in [0.1, 0.15) is 0 Å². The molecule has 0 saturated heterocycles. The van der Waals surface area contributed by atoms with Gasteiger partial charge in [-0.2, -0.15) is 4.68 Å². The minimum atomic E-state index is -0.492. The highest BCUT2D eigenvalue weighted by Crippen LogP contribution is 2.20. The molecule has 1 amide bonds. The summed E-state index contributed by atoms with van der Waals surface area (Å²) < 4.78 is 1.57. The number of nitrogens with one attached hydrogen (secondary N) is 1. The predicted molar refractivity (Wildman–Crippen MR) is 101 cm³/mol. The Morgan fingerprint density at radius 2 is 1.89 bits per heavy atom. The Morgan fingerprint density at radius 3 is 2.52 bits per heavy atom. The van der Waals surface area contributed by atoms with Crippen molar-refractivity contribution in [2.24, 2.45) is 0 Å². The van der Waals surface area contributed by atoms with E-state index in [1.807, 2.05) is 24.3 Å². The highest BCUT2D eigenvalue weighted by atomic mass is 32.2. The number of non-ortho nitro benzene ring substituents is 1. The van der Waals surface area contributed by atoms with Gasteiger partial charge in [0.15, 0.2) is 0 Å². The van der Waals surface area contributed by atoms with E-state index in [0.717, 1.165) is 12.1 Å². The molecule has 9 nitrogen and oxygen atoms in total. The van der Waals surface area contributed by atoms with Crippen molar-refractivity contribution in [2.45, 2.75) is 18.5 Å². The molecule has 10 heteroatoms. The van der Waals surface area contributed by atoms with Crippen LogP contribution >= 0.6 is 11.8 Å². The number of anilines is 1. The van der Waals surface area contributed by atoms with Crippen LogP contribution in [0, 0.1) is 10.1 Å². The first-order valence-electron chi connectivity index (χ1n) is 8.11. The maximum atomic E-state index is 12.1. The van der Waals surface area contributed by atoms with Crippen LogP contribution < -0.4 is 5.32 Å². The Bertz CT molecular complexity index is 940. The lowest BCUT2D eigenvalue weighted by Gasteiger charge is -2.06. The average molecular weight is 384 g/mol. The van der Waals surface area contributed by atoms with E-state index in [-0.39, 0.29) is 17.3 Å². The van der Waals surface area contributed by atoms with E-state index < -0.39 is 4.92 Å². The number of aryl methyl sites for hydroxylation is 1. The molecule has 0 radical (unpaired) electrons. The lowest BCUT2D eigenvalue weighted by molar-refractivity contribution is -0.384. The van der Waals surface area contributed by atoms with Crippen molar-refractivity contribution in [1.82, 2.24) is 20.2 Å². The van der Waals surface area contributed by atoms with Gasteiger partial charge in [-0.15, -0.1) is 5.10 Å². The number of hydrogen-bond donors (Lipinski definition) is 1. The number of aromatic nitrogens is 4. The molecule has 27 heavy (non-hydrogen) atoms. The van der Waals surface area contributed by atoms with Crippen molar-refractivity contribution in [3.63, 3.8) is 0 Å². The Hall–Kier alpha value is -3.27. The zero-order valence-corrected chi connectivity index (χ0v) is 15.2. The topological polar surface area (TPSA) is 116 Å². The summed E-state index contributed by atoms with van der Waals surface area (Å²) in [5, 5.41) is 25.4. The summed E-state index contributed by atoms with van der Waals surface area (Å²) in [4.78, 5) is 22.3. The van der Waals surface area contributed by atoms with Crippen LogP contribution in [0.5, 0.6) is 0 Å². The van der Waals surface area contributed by atoms with E-state index in [1.165, 1.54) is 41.6 Å². The highest BCUT2D eigenvalue weighted by molar-refractivity contribution is 7.99. The molecule has 0 fully saturated rings. The third kappa shape index (κ3) is 4.67. The number of carbonyl (C=O) groups excluding carboxylic acids is 1. The van der Waals surface area contributed by atoms with Crippen LogP contribution in [0.3, 0.4) is 0 Å². The molecule has 3 rings (SSSR count). The first-order chi connectivity index (χ1) is 13.1. The maximum Gasteiger partial charge on any atom is 0.269 e. The molecule has 0 bridgehead atoms. The third-order valence-corrected chi connectivity index (χ3v) is 4.64. The smallest absolute Gasteiger partial charge is 0.269 e. The van der Waals surface area contributed by atoms with Crippen molar-refractivity contribution in [2.75, 3.05) is 11.1 Å². The summed E-state index contributed by atoms with van der Waals surface area (Å²) >= 11 is 1.20. The average Bonchev–Trinajstić information content (AvgIpc) is 3.15. The van der Waals surface area contributed by atoms with Gasteiger partial charge >= 0.3 is 0 Å². The molecule has 1 aromatic heterocycles. The van der Waals surface area contributed by atoms with Crippen LogP contribution in [0.4, 0.5) is 11.4 Å². The lowest BCUT2D eigenvalue weighted by atomic mass is 10.1. The second kappa shape index (κ2) is 8.41. The molecule has 0 aliphatic carbocycles. The number of nitrogens with zero attached hydrogens (tertiary/aromatic N) is 5. The van der Waals surface area contributed by atoms with Crippen molar-refractivity contribution in [1.29, 1.82) is 0 Å². The van der Waals surface area contributed by atoms with Gasteiger partial charge in [0.25, 0.3) is 5.69 Å². The molecular weight excluding hydrogens is 368 g/mol. The van der Waals surface area contributed by atoms with Crippen LogP contribution in [0.1, 0.15) is 12.5 Å². The molecule has 1 N–H and O–H groups in total. The zero-order valence-electron chi connectivity index (χ0n) is 14.4. The van der Waals surface area contributed by atoms with Crippen LogP contribution in [0.15, 0.2) is 53.7 Å². The molecule has 0 atom stereocenters. The second-order valence-corrected chi connectivity index (χ2v) is 6.48. The molecule has 0 spiro atoms. The summed E-state index contributed by atoms with van der Waals surface area (Å²) in [6, 6.07) is 13.5. The standard InChI is InChI=1S/C17H16N6O3S/c1-2-12-3-7-14(8-4-12)22-17(19-20-21-22)27-11-16(24)18-13-5-9-15(10-6-13)23(25)26/h3-10H,2,11H2,1H3,(H,18,24). The van der Waals surface area contributed by atoms with Crippen molar-refractivity contribution in [3.8, 4) is 5.69 Å². The summed E-state index contributed by atoms with van der Waals surface area (Å²) in [6.07, 6.45) is 0.945. The van der Waals surface area contributed by atoms with Gasteiger partial charge < -0.3 is 5.32 Å². The SMILES string of the molecule is CCc1ccc(-n2nnnc2SCC(=O)Nc2ccc([N+](=O)[O-])cc2)cc1. The van der Waals surface area contributed by atoms with E-state index in [0.29, 0.717) is 10.8 Å². The largest absolute Gasteiger partial charge is 0.325 e. The Balaban J connectivity index is 1.60. The van der Waals surface area contributed by atoms with Gasteiger partial charge in [-0.05, 0) is 46.7 Å². The van der Waals surface area contributed by atoms with E-state index in [2.05, 4.69) is 27.8 Å². The summed E-state index contributed by atoms with van der Waals surface area (Å²) in [5.41, 5.74) is 2.48. The number of amides is 1.